The number of rotatable bonds is 7. The number of sulfonamides is 1. The SMILES string of the molecule is CCOC(=O)Cc1ccc(NC(=O)[C@H]2CCCN(S(=O)(=O)c3cc(Cl)ccc3Cl)C2)cc1. The maximum atomic E-state index is 13.1. The van der Waals surface area contributed by atoms with E-state index in [1.165, 1.54) is 22.5 Å². The Balaban J connectivity index is 1.65. The van der Waals surface area contributed by atoms with Gasteiger partial charge in [0.2, 0.25) is 15.9 Å². The summed E-state index contributed by atoms with van der Waals surface area (Å²) in [5, 5.41) is 3.18. The van der Waals surface area contributed by atoms with Gasteiger partial charge in [0.1, 0.15) is 4.90 Å². The number of piperidine rings is 1. The monoisotopic (exact) mass is 498 g/mol. The lowest BCUT2D eigenvalue weighted by molar-refractivity contribution is -0.142. The van der Waals surface area contributed by atoms with E-state index < -0.39 is 15.9 Å². The van der Waals surface area contributed by atoms with Gasteiger partial charge in [-0.15, -0.1) is 0 Å². The van der Waals surface area contributed by atoms with E-state index in [0.717, 1.165) is 5.56 Å². The van der Waals surface area contributed by atoms with E-state index in [9.17, 15) is 18.0 Å². The number of ether oxygens (including phenoxy) is 1. The number of nitrogens with zero attached hydrogens (tertiary/aromatic N) is 1. The summed E-state index contributed by atoms with van der Waals surface area (Å²) in [5.41, 5.74) is 1.34. The lowest BCUT2D eigenvalue weighted by Gasteiger charge is -2.31. The van der Waals surface area contributed by atoms with Crippen LogP contribution in [0.5, 0.6) is 0 Å². The zero-order valence-electron chi connectivity index (χ0n) is 17.5. The predicted molar refractivity (Wildman–Crippen MR) is 123 cm³/mol. The van der Waals surface area contributed by atoms with Crippen LogP contribution in [0.15, 0.2) is 47.4 Å². The molecule has 0 spiro atoms. The molecule has 1 aliphatic rings. The van der Waals surface area contributed by atoms with Crippen LogP contribution in [0, 0.1) is 5.92 Å². The van der Waals surface area contributed by atoms with Crippen LogP contribution in [-0.2, 0) is 30.8 Å². The van der Waals surface area contributed by atoms with Crippen LogP contribution in [0.2, 0.25) is 10.0 Å². The van der Waals surface area contributed by atoms with Crippen LogP contribution in [0.4, 0.5) is 5.69 Å². The molecule has 172 valence electrons. The molecule has 0 radical (unpaired) electrons. The molecule has 3 rings (SSSR count). The number of carbonyl (C=O) groups excluding carboxylic acids is 2. The van der Waals surface area contributed by atoms with E-state index in [2.05, 4.69) is 5.32 Å². The minimum atomic E-state index is -3.88. The van der Waals surface area contributed by atoms with Crippen molar-refractivity contribution in [2.45, 2.75) is 31.1 Å². The molecule has 7 nitrogen and oxygen atoms in total. The molecule has 1 aliphatic heterocycles. The number of halogens is 2. The van der Waals surface area contributed by atoms with Crippen molar-refractivity contribution in [3.8, 4) is 0 Å². The average Bonchev–Trinajstić information content (AvgIpc) is 2.77. The molecule has 1 saturated heterocycles. The summed E-state index contributed by atoms with van der Waals surface area (Å²) < 4.78 is 32.3. The Hall–Kier alpha value is -2.13. The first-order valence-electron chi connectivity index (χ1n) is 10.2. The summed E-state index contributed by atoms with van der Waals surface area (Å²) in [4.78, 5) is 24.3. The Kier molecular flexibility index (Phi) is 8.16. The molecule has 32 heavy (non-hydrogen) atoms. The number of carbonyl (C=O) groups is 2. The lowest BCUT2D eigenvalue weighted by Crippen LogP contribution is -2.43. The first-order chi connectivity index (χ1) is 15.2. The van der Waals surface area contributed by atoms with E-state index in [4.69, 9.17) is 27.9 Å². The topological polar surface area (TPSA) is 92.8 Å². The van der Waals surface area contributed by atoms with Crippen molar-refractivity contribution >= 4 is 50.8 Å². The highest BCUT2D eigenvalue weighted by Gasteiger charge is 2.34. The second-order valence-corrected chi connectivity index (χ2v) is 10.2. The third-order valence-corrected chi connectivity index (χ3v) is 7.72. The molecule has 1 fully saturated rings. The molecule has 1 atom stereocenters. The van der Waals surface area contributed by atoms with Crippen LogP contribution in [0.1, 0.15) is 25.3 Å². The quantitative estimate of drug-likeness (QED) is 0.579. The van der Waals surface area contributed by atoms with Gasteiger partial charge in [-0.05, 0) is 55.7 Å². The smallest absolute Gasteiger partial charge is 0.310 e. The van der Waals surface area contributed by atoms with E-state index in [-0.39, 0.29) is 39.8 Å². The third-order valence-electron chi connectivity index (χ3n) is 5.14. The summed E-state index contributed by atoms with van der Waals surface area (Å²) in [6.45, 7) is 2.43. The van der Waals surface area contributed by atoms with Gasteiger partial charge in [-0.3, -0.25) is 9.59 Å². The largest absolute Gasteiger partial charge is 0.466 e. The van der Waals surface area contributed by atoms with E-state index in [1.807, 2.05) is 0 Å². The van der Waals surface area contributed by atoms with E-state index in [1.54, 1.807) is 31.2 Å². The minimum absolute atomic E-state index is 0.0535. The normalized spacial score (nSPS) is 17.0. The Bertz CT molecular complexity index is 1090. The van der Waals surface area contributed by atoms with Crippen molar-refractivity contribution in [1.82, 2.24) is 4.31 Å². The summed E-state index contributed by atoms with van der Waals surface area (Å²) >= 11 is 12.0. The van der Waals surface area contributed by atoms with Gasteiger partial charge in [-0.25, -0.2) is 8.42 Å². The van der Waals surface area contributed by atoms with Gasteiger partial charge in [-0.1, -0.05) is 35.3 Å². The van der Waals surface area contributed by atoms with Gasteiger partial charge in [0.15, 0.2) is 0 Å². The molecule has 0 aromatic heterocycles. The fraction of sp³-hybridized carbons (Fsp3) is 0.364. The average molecular weight is 499 g/mol. The van der Waals surface area contributed by atoms with Crippen LogP contribution >= 0.6 is 23.2 Å². The fourth-order valence-corrected chi connectivity index (χ4v) is 5.78. The summed E-state index contributed by atoms with van der Waals surface area (Å²) in [6.07, 6.45) is 1.28. The molecule has 10 heteroatoms. The Morgan fingerprint density at radius 3 is 2.56 bits per heavy atom. The number of hydrogen-bond acceptors (Lipinski definition) is 5. The maximum Gasteiger partial charge on any atom is 0.310 e. The van der Waals surface area contributed by atoms with E-state index in [0.29, 0.717) is 31.7 Å². The fourth-order valence-electron chi connectivity index (χ4n) is 3.52. The third kappa shape index (κ3) is 6.01. The number of esters is 1. The number of hydrogen-bond donors (Lipinski definition) is 1. The molecule has 0 bridgehead atoms. The van der Waals surface area contributed by atoms with Crippen LogP contribution in [-0.4, -0.2) is 44.3 Å². The van der Waals surface area contributed by atoms with Crippen molar-refractivity contribution in [2.24, 2.45) is 5.92 Å². The number of nitrogens with one attached hydrogen (secondary N) is 1. The first-order valence-corrected chi connectivity index (χ1v) is 12.4. The second kappa shape index (κ2) is 10.7. The second-order valence-electron chi connectivity index (χ2n) is 7.44. The standard InChI is InChI=1S/C22H24Cl2N2O5S/c1-2-31-21(27)12-15-5-8-18(9-6-15)25-22(28)16-4-3-11-26(14-16)32(29,30)20-13-17(23)7-10-19(20)24/h5-10,13,16H,2-4,11-12,14H2,1H3,(H,25,28)/t16-/m0/s1. The zero-order valence-corrected chi connectivity index (χ0v) is 19.8. The van der Waals surface area contributed by atoms with Crippen molar-refractivity contribution in [3.63, 3.8) is 0 Å². The van der Waals surface area contributed by atoms with Crippen LogP contribution in [0.25, 0.3) is 0 Å². The highest BCUT2D eigenvalue weighted by Crippen LogP contribution is 2.30. The van der Waals surface area contributed by atoms with E-state index >= 15 is 0 Å². The molecule has 2 aromatic carbocycles. The number of benzene rings is 2. The van der Waals surface area contributed by atoms with Crippen LogP contribution in [0.3, 0.4) is 0 Å². The van der Waals surface area contributed by atoms with Gasteiger partial charge >= 0.3 is 5.97 Å². The van der Waals surface area contributed by atoms with Crippen molar-refractivity contribution in [3.05, 3.63) is 58.1 Å². The molecule has 1 amide bonds. The maximum absolute atomic E-state index is 13.1. The van der Waals surface area contributed by atoms with Crippen molar-refractivity contribution in [1.29, 1.82) is 0 Å². The highest BCUT2D eigenvalue weighted by molar-refractivity contribution is 7.89. The molecular formula is C22H24Cl2N2O5S. The molecular weight excluding hydrogens is 475 g/mol. The first kappa shape index (κ1) is 24.5. The molecule has 2 aromatic rings. The zero-order chi connectivity index (χ0) is 23.3. The Labute approximate surface area is 197 Å². The van der Waals surface area contributed by atoms with Gasteiger partial charge in [0, 0.05) is 23.8 Å². The Morgan fingerprint density at radius 1 is 1.16 bits per heavy atom. The van der Waals surface area contributed by atoms with Crippen molar-refractivity contribution < 1.29 is 22.7 Å². The summed E-state index contributed by atoms with van der Waals surface area (Å²) in [5.74, 6) is -1.08. The minimum Gasteiger partial charge on any atom is -0.466 e. The predicted octanol–water partition coefficient (Wildman–Crippen LogP) is 4.14. The van der Waals surface area contributed by atoms with Gasteiger partial charge in [0.25, 0.3) is 0 Å². The van der Waals surface area contributed by atoms with Crippen molar-refractivity contribution in [2.75, 3.05) is 25.0 Å². The number of amides is 1. The molecule has 1 N–H and O–H groups in total. The molecule has 0 aliphatic carbocycles. The lowest BCUT2D eigenvalue weighted by atomic mass is 9.98. The van der Waals surface area contributed by atoms with Gasteiger partial charge in [0.05, 0.1) is 24.0 Å². The summed E-state index contributed by atoms with van der Waals surface area (Å²) in [6, 6.07) is 11.2. The van der Waals surface area contributed by atoms with Gasteiger partial charge < -0.3 is 10.1 Å². The van der Waals surface area contributed by atoms with Crippen LogP contribution < -0.4 is 5.32 Å². The summed E-state index contributed by atoms with van der Waals surface area (Å²) in [7, 11) is -3.88. The molecule has 1 heterocycles. The molecule has 0 unspecified atom stereocenters. The Morgan fingerprint density at radius 2 is 1.88 bits per heavy atom. The number of anilines is 1. The molecule has 0 saturated carbocycles. The van der Waals surface area contributed by atoms with Gasteiger partial charge in [-0.2, -0.15) is 4.31 Å². The highest BCUT2D eigenvalue weighted by atomic mass is 35.5.